The third-order valence-electron chi connectivity index (χ3n) is 5.72. The van der Waals surface area contributed by atoms with Crippen LogP contribution in [0.15, 0.2) is 77.8 Å². The normalized spacial score (nSPS) is 15.8. The number of aromatic nitrogens is 1. The van der Waals surface area contributed by atoms with E-state index in [9.17, 15) is 0 Å². The molecule has 0 amide bonds. The smallest absolute Gasteiger partial charge is 0.128 e. The molecule has 4 heteroatoms. The number of nitrogens with one attached hydrogen (secondary N) is 2. The van der Waals surface area contributed by atoms with E-state index in [0.717, 1.165) is 29.2 Å². The molecule has 2 N–H and O–H groups in total. The van der Waals surface area contributed by atoms with Crippen LogP contribution in [0, 0.1) is 0 Å². The zero-order valence-corrected chi connectivity index (χ0v) is 17.6. The molecule has 1 aliphatic rings. The summed E-state index contributed by atoms with van der Waals surface area (Å²) in [5.74, 6) is 0.991. The summed E-state index contributed by atoms with van der Waals surface area (Å²) >= 11 is 0. The molecule has 2 heterocycles. The molecule has 1 unspecified atom stereocenters. The fraction of sp³-hybridized carbons (Fsp3) is 0.192. The van der Waals surface area contributed by atoms with Gasteiger partial charge in [-0.05, 0) is 47.9 Å². The minimum absolute atomic E-state index is 0.410. The van der Waals surface area contributed by atoms with E-state index in [2.05, 4.69) is 114 Å². The summed E-state index contributed by atoms with van der Waals surface area (Å²) in [5.41, 5.74) is 8.25. The van der Waals surface area contributed by atoms with Crippen molar-refractivity contribution in [2.24, 2.45) is 4.99 Å². The first-order valence-corrected chi connectivity index (χ1v) is 10.4. The van der Waals surface area contributed by atoms with Crippen LogP contribution in [-0.4, -0.2) is 37.5 Å². The highest BCUT2D eigenvalue weighted by atomic mass is 15.1. The number of rotatable bonds is 4. The van der Waals surface area contributed by atoms with E-state index in [-0.39, 0.29) is 0 Å². The van der Waals surface area contributed by atoms with Gasteiger partial charge in [-0.1, -0.05) is 48.5 Å². The van der Waals surface area contributed by atoms with Crippen molar-refractivity contribution in [2.75, 3.05) is 25.5 Å². The molecule has 0 spiro atoms. The van der Waals surface area contributed by atoms with Crippen LogP contribution in [0.4, 0.5) is 5.69 Å². The van der Waals surface area contributed by atoms with Crippen LogP contribution in [-0.2, 0) is 0 Å². The molecule has 4 aromatic rings. The summed E-state index contributed by atoms with van der Waals surface area (Å²) in [4.78, 5) is 10.3. The van der Waals surface area contributed by atoms with Crippen molar-refractivity contribution in [1.29, 1.82) is 0 Å². The Morgan fingerprint density at radius 1 is 0.800 bits per heavy atom. The summed E-state index contributed by atoms with van der Waals surface area (Å²) in [6.45, 7) is 3.00. The number of benzene rings is 3. The summed E-state index contributed by atoms with van der Waals surface area (Å²) in [5, 5.41) is 4.65. The Morgan fingerprint density at radius 3 is 2.07 bits per heavy atom. The maximum Gasteiger partial charge on any atom is 0.128 e. The molecule has 1 aliphatic heterocycles. The van der Waals surface area contributed by atoms with Gasteiger partial charge in [0, 0.05) is 48.0 Å². The van der Waals surface area contributed by atoms with Crippen LogP contribution in [0.3, 0.4) is 0 Å². The molecular formula is C26H26N4. The summed E-state index contributed by atoms with van der Waals surface area (Å²) in [6.07, 6.45) is 0. The van der Waals surface area contributed by atoms with Crippen LogP contribution in [0.2, 0.25) is 0 Å². The molecule has 5 rings (SSSR count). The number of hydrogen-bond donors (Lipinski definition) is 2. The van der Waals surface area contributed by atoms with Gasteiger partial charge in [-0.2, -0.15) is 0 Å². The van der Waals surface area contributed by atoms with Gasteiger partial charge in [0.05, 0.1) is 6.54 Å². The van der Waals surface area contributed by atoms with E-state index >= 15 is 0 Å². The van der Waals surface area contributed by atoms with Gasteiger partial charge in [0.25, 0.3) is 0 Å². The lowest BCUT2D eigenvalue weighted by atomic mass is 10.0. The molecule has 0 saturated heterocycles. The molecule has 3 aromatic carbocycles. The van der Waals surface area contributed by atoms with E-state index in [1.165, 1.54) is 27.8 Å². The van der Waals surface area contributed by atoms with Gasteiger partial charge < -0.3 is 15.2 Å². The maximum atomic E-state index is 4.60. The molecule has 0 bridgehead atoms. The summed E-state index contributed by atoms with van der Waals surface area (Å²) < 4.78 is 0. The van der Waals surface area contributed by atoms with Gasteiger partial charge in [-0.15, -0.1) is 0 Å². The van der Waals surface area contributed by atoms with Crippen molar-refractivity contribution >= 4 is 22.4 Å². The van der Waals surface area contributed by atoms with Crippen molar-refractivity contribution in [3.63, 3.8) is 0 Å². The highest BCUT2D eigenvalue weighted by Crippen LogP contribution is 2.28. The third-order valence-corrected chi connectivity index (χ3v) is 5.72. The van der Waals surface area contributed by atoms with Gasteiger partial charge in [-0.25, -0.2) is 0 Å². The predicted octanol–water partition coefficient (Wildman–Crippen LogP) is 5.31. The van der Waals surface area contributed by atoms with Crippen LogP contribution in [0.25, 0.3) is 33.3 Å². The maximum absolute atomic E-state index is 4.60. The van der Waals surface area contributed by atoms with Crippen LogP contribution < -0.4 is 10.2 Å². The van der Waals surface area contributed by atoms with E-state index in [1.807, 2.05) is 0 Å². The monoisotopic (exact) mass is 394 g/mol. The number of aromatic amines is 1. The number of anilines is 1. The third kappa shape index (κ3) is 3.45. The van der Waals surface area contributed by atoms with E-state index in [1.54, 1.807) is 0 Å². The number of amidine groups is 1. The number of aliphatic imine (C=N–C) groups is 1. The van der Waals surface area contributed by atoms with Crippen molar-refractivity contribution < 1.29 is 0 Å². The molecule has 1 atom stereocenters. The van der Waals surface area contributed by atoms with Crippen LogP contribution in [0.5, 0.6) is 0 Å². The van der Waals surface area contributed by atoms with E-state index in [0.29, 0.717) is 6.04 Å². The lowest BCUT2D eigenvalue weighted by Crippen LogP contribution is -2.27. The van der Waals surface area contributed by atoms with Crippen molar-refractivity contribution in [3.05, 3.63) is 78.4 Å². The standard InChI is InChI=1S/C26H26N4/c1-17-16-27-26(28-17)22-9-8-21-14-24(29-25(21)15-22)20-6-4-18(5-7-20)19-10-12-23(13-11-19)30(2)3/h4-15,17,29H,16H2,1-3H3,(H,27,28). The summed E-state index contributed by atoms with van der Waals surface area (Å²) in [6, 6.07) is 26.5. The minimum atomic E-state index is 0.410. The fourth-order valence-electron chi connectivity index (χ4n) is 3.95. The van der Waals surface area contributed by atoms with E-state index < -0.39 is 0 Å². The quantitative estimate of drug-likeness (QED) is 0.493. The molecule has 0 fully saturated rings. The number of hydrogen-bond acceptors (Lipinski definition) is 3. The number of fused-ring (bicyclic) bond motifs is 1. The van der Waals surface area contributed by atoms with Gasteiger partial charge in [-0.3, -0.25) is 4.99 Å². The average molecular weight is 395 g/mol. The number of H-pyrrole nitrogens is 1. The molecule has 150 valence electrons. The Morgan fingerprint density at radius 2 is 1.43 bits per heavy atom. The predicted molar refractivity (Wildman–Crippen MR) is 127 cm³/mol. The van der Waals surface area contributed by atoms with Crippen molar-refractivity contribution in [2.45, 2.75) is 13.0 Å². The Balaban J connectivity index is 1.41. The topological polar surface area (TPSA) is 43.4 Å². The zero-order chi connectivity index (χ0) is 20.7. The molecule has 1 aromatic heterocycles. The Bertz CT molecular complexity index is 1210. The SMILES string of the molecule is CC1CN=C(c2ccc3cc(-c4ccc(-c5ccc(N(C)C)cc5)cc4)[nH]c3c2)N1. The average Bonchev–Trinajstić information content (AvgIpc) is 3.39. The molecule has 0 aliphatic carbocycles. The second-order valence-electron chi connectivity index (χ2n) is 8.24. The molecule has 0 saturated carbocycles. The van der Waals surface area contributed by atoms with Crippen LogP contribution >= 0.6 is 0 Å². The van der Waals surface area contributed by atoms with Gasteiger partial charge in [0.2, 0.25) is 0 Å². The van der Waals surface area contributed by atoms with Crippen molar-refractivity contribution in [1.82, 2.24) is 10.3 Å². The Kier molecular flexibility index (Phi) is 4.55. The molecule has 0 radical (unpaired) electrons. The lowest BCUT2D eigenvalue weighted by molar-refractivity contribution is 0.726. The molecule has 4 nitrogen and oxygen atoms in total. The first kappa shape index (κ1) is 18.5. The number of nitrogens with zero attached hydrogens (tertiary/aromatic N) is 2. The minimum Gasteiger partial charge on any atom is -0.378 e. The first-order valence-electron chi connectivity index (χ1n) is 10.4. The van der Waals surface area contributed by atoms with Gasteiger partial charge in [0.1, 0.15) is 5.84 Å². The molecular weight excluding hydrogens is 368 g/mol. The second-order valence-corrected chi connectivity index (χ2v) is 8.24. The lowest BCUT2D eigenvalue weighted by Gasteiger charge is -2.12. The Hall–Kier alpha value is -3.53. The Labute approximate surface area is 177 Å². The fourth-order valence-corrected chi connectivity index (χ4v) is 3.95. The zero-order valence-electron chi connectivity index (χ0n) is 17.6. The van der Waals surface area contributed by atoms with Crippen molar-refractivity contribution in [3.8, 4) is 22.4 Å². The highest BCUT2D eigenvalue weighted by Gasteiger charge is 2.15. The highest BCUT2D eigenvalue weighted by molar-refractivity contribution is 6.03. The largest absolute Gasteiger partial charge is 0.378 e. The molecule has 30 heavy (non-hydrogen) atoms. The summed E-state index contributed by atoms with van der Waals surface area (Å²) in [7, 11) is 4.12. The first-order chi connectivity index (χ1) is 14.6. The van der Waals surface area contributed by atoms with Gasteiger partial charge >= 0.3 is 0 Å². The van der Waals surface area contributed by atoms with Gasteiger partial charge in [0.15, 0.2) is 0 Å². The van der Waals surface area contributed by atoms with Crippen LogP contribution in [0.1, 0.15) is 12.5 Å². The second kappa shape index (κ2) is 7.38. The van der Waals surface area contributed by atoms with E-state index in [4.69, 9.17) is 0 Å².